The SMILES string of the molecule is Cc1c(C(c2ccc3c(c2)OCCO3)c2c(C)n(C)n(-c3ccccc3)c2=O)c(=O)n(-c2ccccc2)n1C. The van der Waals surface area contributed by atoms with Crippen LogP contribution in [0.5, 0.6) is 11.5 Å². The summed E-state index contributed by atoms with van der Waals surface area (Å²) in [5.41, 5.74) is 4.60. The molecule has 0 atom stereocenters. The molecule has 0 saturated heterocycles. The van der Waals surface area contributed by atoms with Gasteiger partial charge in [-0.05, 0) is 55.8 Å². The van der Waals surface area contributed by atoms with Crippen molar-refractivity contribution >= 4 is 0 Å². The number of benzene rings is 3. The Hall–Kier alpha value is -4.72. The maximum atomic E-state index is 14.2. The van der Waals surface area contributed by atoms with E-state index >= 15 is 0 Å². The van der Waals surface area contributed by atoms with Crippen molar-refractivity contribution in [3.8, 4) is 22.9 Å². The van der Waals surface area contributed by atoms with Crippen LogP contribution in [0, 0.1) is 13.8 Å². The van der Waals surface area contributed by atoms with Crippen LogP contribution in [0.25, 0.3) is 11.4 Å². The lowest BCUT2D eigenvalue weighted by atomic mass is 9.85. The third kappa shape index (κ3) is 3.91. The molecule has 0 unspecified atom stereocenters. The smallest absolute Gasteiger partial charge is 0.275 e. The van der Waals surface area contributed by atoms with Crippen molar-refractivity contribution in [2.24, 2.45) is 14.1 Å². The fourth-order valence-corrected chi connectivity index (χ4v) is 5.56. The molecule has 8 heteroatoms. The Morgan fingerprint density at radius 3 is 1.59 bits per heavy atom. The molecule has 0 saturated carbocycles. The Morgan fingerprint density at radius 2 is 1.10 bits per heavy atom. The van der Waals surface area contributed by atoms with E-state index in [0.29, 0.717) is 35.8 Å². The normalized spacial score (nSPS) is 12.7. The summed E-state index contributed by atoms with van der Waals surface area (Å²) in [6.07, 6.45) is 0. The van der Waals surface area contributed by atoms with Crippen LogP contribution in [0.4, 0.5) is 0 Å². The number of fused-ring (bicyclic) bond motifs is 1. The molecule has 3 heterocycles. The fourth-order valence-electron chi connectivity index (χ4n) is 5.56. The van der Waals surface area contributed by atoms with Crippen molar-refractivity contribution < 1.29 is 9.47 Å². The van der Waals surface area contributed by atoms with Crippen molar-refractivity contribution in [2.75, 3.05) is 13.2 Å². The predicted molar refractivity (Wildman–Crippen MR) is 150 cm³/mol. The van der Waals surface area contributed by atoms with E-state index < -0.39 is 5.92 Å². The molecule has 0 N–H and O–H groups in total. The van der Waals surface area contributed by atoms with Crippen LogP contribution < -0.4 is 20.6 Å². The van der Waals surface area contributed by atoms with Gasteiger partial charge in [0, 0.05) is 31.4 Å². The molecule has 0 radical (unpaired) electrons. The van der Waals surface area contributed by atoms with Crippen LogP contribution in [0.2, 0.25) is 0 Å². The zero-order valence-corrected chi connectivity index (χ0v) is 22.4. The molecule has 198 valence electrons. The number of rotatable bonds is 5. The van der Waals surface area contributed by atoms with Gasteiger partial charge in [0.1, 0.15) is 13.2 Å². The van der Waals surface area contributed by atoms with E-state index in [1.165, 1.54) is 0 Å². The molecule has 1 aliphatic heterocycles. The predicted octanol–water partition coefficient (Wildman–Crippen LogP) is 4.23. The molecule has 0 aliphatic carbocycles. The highest BCUT2D eigenvalue weighted by atomic mass is 16.6. The minimum absolute atomic E-state index is 0.171. The zero-order chi connectivity index (χ0) is 27.3. The summed E-state index contributed by atoms with van der Waals surface area (Å²) in [4.78, 5) is 28.5. The summed E-state index contributed by atoms with van der Waals surface area (Å²) in [6.45, 7) is 4.77. The molecule has 2 aromatic heterocycles. The monoisotopic (exact) mass is 522 g/mol. The lowest BCUT2D eigenvalue weighted by Crippen LogP contribution is -2.26. The van der Waals surface area contributed by atoms with E-state index in [1.54, 1.807) is 9.36 Å². The Bertz CT molecular complexity index is 1690. The van der Waals surface area contributed by atoms with E-state index in [-0.39, 0.29) is 11.1 Å². The van der Waals surface area contributed by atoms with Crippen LogP contribution in [-0.4, -0.2) is 31.9 Å². The Labute approximate surface area is 225 Å². The van der Waals surface area contributed by atoms with Crippen LogP contribution in [0.15, 0.2) is 88.5 Å². The standard InChI is InChI=1S/C31H30N4O4/c1-20-27(30(36)34(32(20)3)23-11-7-5-8-12-23)29(22-15-16-25-26(19-22)39-18-17-38-25)28-21(2)33(4)35(31(28)37)24-13-9-6-10-14-24/h5-16,19,29H,17-18H2,1-4H3. The lowest BCUT2D eigenvalue weighted by molar-refractivity contribution is 0.171. The summed E-state index contributed by atoms with van der Waals surface area (Å²) in [6, 6.07) is 24.8. The second-order valence-corrected chi connectivity index (χ2v) is 9.79. The van der Waals surface area contributed by atoms with Gasteiger partial charge in [-0.15, -0.1) is 0 Å². The topological polar surface area (TPSA) is 72.3 Å². The number of para-hydroxylation sites is 2. The fraction of sp³-hybridized carbons (Fsp3) is 0.226. The molecule has 0 fully saturated rings. The summed E-state index contributed by atoms with van der Waals surface area (Å²) in [7, 11) is 3.74. The molecule has 5 aromatic rings. The molecule has 6 rings (SSSR count). The van der Waals surface area contributed by atoms with Gasteiger partial charge >= 0.3 is 0 Å². The average molecular weight is 523 g/mol. The van der Waals surface area contributed by atoms with E-state index in [2.05, 4.69) is 0 Å². The first kappa shape index (κ1) is 24.6. The first-order valence-corrected chi connectivity index (χ1v) is 13.0. The van der Waals surface area contributed by atoms with Crippen molar-refractivity contribution in [3.63, 3.8) is 0 Å². The summed E-state index contributed by atoms with van der Waals surface area (Å²) in [5.74, 6) is 0.632. The lowest BCUT2D eigenvalue weighted by Gasteiger charge is -2.22. The van der Waals surface area contributed by atoms with Crippen molar-refractivity contribution in [1.82, 2.24) is 18.7 Å². The van der Waals surface area contributed by atoms with E-state index in [0.717, 1.165) is 28.3 Å². The third-order valence-corrected chi connectivity index (χ3v) is 7.67. The number of hydrogen-bond donors (Lipinski definition) is 0. The summed E-state index contributed by atoms with van der Waals surface area (Å²) < 4.78 is 18.7. The van der Waals surface area contributed by atoms with Gasteiger partial charge in [0.25, 0.3) is 11.1 Å². The maximum Gasteiger partial charge on any atom is 0.275 e. The summed E-state index contributed by atoms with van der Waals surface area (Å²) in [5, 5.41) is 0. The van der Waals surface area contributed by atoms with Gasteiger partial charge in [-0.1, -0.05) is 42.5 Å². The van der Waals surface area contributed by atoms with Crippen LogP contribution in [0.3, 0.4) is 0 Å². The first-order chi connectivity index (χ1) is 18.9. The van der Waals surface area contributed by atoms with E-state index in [9.17, 15) is 9.59 Å². The highest BCUT2D eigenvalue weighted by Crippen LogP contribution is 2.38. The Morgan fingerprint density at radius 1 is 0.641 bits per heavy atom. The summed E-state index contributed by atoms with van der Waals surface area (Å²) >= 11 is 0. The molecule has 3 aromatic carbocycles. The Kier molecular flexibility index (Phi) is 6.02. The van der Waals surface area contributed by atoms with E-state index in [1.807, 2.05) is 116 Å². The zero-order valence-electron chi connectivity index (χ0n) is 22.4. The second-order valence-electron chi connectivity index (χ2n) is 9.79. The van der Waals surface area contributed by atoms with Crippen LogP contribution in [-0.2, 0) is 14.1 Å². The van der Waals surface area contributed by atoms with Gasteiger partial charge in [0.05, 0.1) is 22.5 Å². The number of ether oxygens (including phenoxy) is 2. The minimum atomic E-state index is -0.631. The first-order valence-electron chi connectivity index (χ1n) is 13.0. The number of nitrogens with zero attached hydrogens (tertiary/aromatic N) is 4. The maximum absolute atomic E-state index is 14.2. The average Bonchev–Trinajstić information content (AvgIpc) is 3.32. The van der Waals surface area contributed by atoms with Crippen molar-refractivity contribution in [3.05, 3.63) is 128 Å². The van der Waals surface area contributed by atoms with Crippen molar-refractivity contribution in [1.29, 1.82) is 0 Å². The van der Waals surface area contributed by atoms with Gasteiger partial charge in [-0.25, -0.2) is 9.36 Å². The largest absolute Gasteiger partial charge is 0.486 e. The molecule has 0 spiro atoms. The van der Waals surface area contributed by atoms with Gasteiger partial charge in [-0.3, -0.25) is 19.0 Å². The van der Waals surface area contributed by atoms with E-state index in [4.69, 9.17) is 9.47 Å². The molecule has 8 nitrogen and oxygen atoms in total. The highest BCUT2D eigenvalue weighted by Gasteiger charge is 2.33. The van der Waals surface area contributed by atoms with Gasteiger partial charge in [0.15, 0.2) is 11.5 Å². The van der Waals surface area contributed by atoms with Crippen LogP contribution >= 0.6 is 0 Å². The van der Waals surface area contributed by atoms with Crippen LogP contribution in [0.1, 0.15) is 34.0 Å². The molecular formula is C31H30N4O4. The molecular weight excluding hydrogens is 492 g/mol. The Balaban J connectivity index is 1.66. The quantitative estimate of drug-likeness (QED) is 0.346. The molecule has 39 heavy (non-hydrogen) atoms. The third-order valence-electron chi connectivity index (χ3n) is 7.67. The number of aromatic nitrogens is 4. The highest BCUT2D eigenvalue weighted by molar-refractivity contribution is 5.53. The van der Waals surface area contributed by atoms with Gasteiger partial charge in [-0.2, -0.15) is 0 Å². The van der Waals surface area contributed by atoms with Crippen molar-refractivity contribution in [2.45, 2.75) is 19.8 Å². The molecule has 0 amide bonds. The number of hydrogen-bond acceptors (Lipinski definition) is 4. The molecule has 0 bridgehead atoms. The minimum Gasteiger partial charge on any atom is -0.486 e. The molecule has 1 aliphatic rings. The van der Waals surface area contributed by atoms with Gasteiger partial charge in [0.2, 0.25) is 0 Å². The van der Waals surface area contributed by atoms with Gasteiger partial charge < -0.3 is 9.47 Å². The second kappa shape index (κ2) is 9.54.